The summed E-state index contributed by atoms with van der Waals surface area (Å²) in [5.41, 5.74) is 8.73. The summed E-state index contributed by atoms with van der Waals surface area (Å²) in [4.78, 5) is 14.1. The first kappa shape index (κ1) is 13.9. The number of nitrogens with one attached hydrogen (secondary N) is 1. The number of nitrogens with two attached hydrogens (primary N) is 1. The van der Waals surface area contributed by atoms with Gasteiger partial charge in [0.1, 0.15) is 0 Å². The Morgan fingerprint density at radius 1 is 1.42 bits per heavy atom. The second kappa shape index (κ2) is 6.06. The van der Waals surface area contributed by atoms with Crippen molar-refractivity contribution in [2.24, 2.45) is 11.7 Å². The Balaban J connectivity index is 2.05. The lowest BCUT2D eigenvalue weighted by molar-refractivity contribution is 0.186. The normalized spacial score (nSPS) is 16.5. The topological polar surface area (TPSA) is 58.4 Å². The number of amides is 2. The second-order valence-corrected chi connectivity index (χ2v) is 5.40. The zero-order valence-electron chi connectivity index (χ0n) is 11.8. The van der Waals surface area contributed by atoms with Gasteiger partial charge in [0, 0.05) is 25.3 Å². The van der Waals surface area contributed by atoms with Gasteiger partial charge in [-0.2, -0.15) is 0 Å². The van der Waals surface area contributed by atoms with E-state index in [1.165, 1.54) is 0 Å². The summed E-state index contributed by atoms with van der Waals surface area (Å²) in [7, 11) is 0. The molecule has 1 aliphatic rings. The third-order valence-corrected chi connectivity index (χ3v) is 3.93. The van der Waals surface area contributed by atoms with E-state index in [0.717, 1.165) is 48.7 Å². The lowest BCUT2D eigenvalue weighted by atomic mass is 9.99. The third-order valence-electron chi connectivity index (χ3n) is 3.93. The number of piperidine rings is 1. The molecule has 1 saturated heterocycles. The zero-order chi connectivity index (χ0) is 13.8. The minimum atomic E-state index is -0.00722. The standard InChI is InChI=1S/C15H23N3O/c1-11-6-8-18(9-7-11)15(19)17-14-5-3-4-12(2)13(14)10-16/h3-5,11H,6-10,16H2,1-2H3,(H,17,19). The highest BCUT2D eigenvalue weighted by atomic mass is 16.2. The molecule has 0 atom stereocenters. The summed E-state index contributed by atoms with van der Waals surface area (Å²) in [5, 5.41) is 2.99. The van der Waals surface area contributed by atoms with Crippen molar-refractivity contribution >= 4 is 11.7 Å². The van der Waals surface area contributed by atoms with Crippen molar-refractivity contribution in [3.05, 3.63) is 29.3 Å². The Labute approximate surface area is 115 Å². The van der Waals surface area contributed by atoms with E-state index in [1.807, 2.05) is 30.0 Å². The molecule has 1 aromatic rings. The molecule has 1 heterocycles. The largest absolute Gasteiger partial charge is 0.326 e. The van der Waals surface area contributed by atoms with Crippen LogP contribution in [0.15, 0.2) is 18.2 Å². The highest BCUT2D eigenvalue weighted by Gasteiger charge is 2.20. The van der Waals surface area contributed by atoms with Crippen LogP contribution in [0.3, 0.4) is 0 Å². The first-order chi connectivity index (χ1) is 9.11. The Morgan fingerprint density at radius 2 is 2.11 bits per heavy atom. The Bertz CT molecular complexity index is 451. The Hall–Kier alpha value is -1.55. The van der Waals surface area contributed by atoms with E-state index >= 15 is 0 Å². The number of anilines is 1. The molecule has 19 heavy (non-hydrogen) atoms. The molecule has 3 N–H and O–H groups in total. The van der Waals surface area contributed by atoms with Gasteiger partial charge in [0.25, 0.3) is 0 Å². The van der Waals surface area contributed by atoms with E-state index in [0.29, 0.717) is 6.54 Å². The first-order valence-electron chi connectivity index (χ1n) is 6.96. The summed E-state index contributed by atoms with van der Waals surface area (Å²) < 4.78 is 0. The van der Waals surface area contributed by atoms with Crippen LogP contribution in [0.25, 0.3) is 0 Å². The molecular weight excluding hydrogens is 238 g/mol. The molecule has 0 spiro atoms. The van der Waals surface area contributed by atoms with Gasteiger partial charge in [-0.1, -0.05) is 19.1 Å². The molecule has 0 aliphatic carbocycles. The van der Waals surface area contributed by atoms with Crippen molar-refractivity contribution in [1.29, 1.82) is 0 Å². The minimum absolute atomic E-state index is 0.00722. The number of hydrogen-bond acceptors (Lipinski definition) is 2. The van der Waals surface area contributed by atoms with E-state index in [2.05, 4.69) is 12.2 Å². The molecule has 2 amide bonds. The number of likely N-dealkylation sites (tertiary alicyclic amines) is 1. The molecule has 0 saturated carbocycles. The van der Waals surface area contributed by atoms with Crippen LogP contribution in [0.4, 0.5) is 10.5 Å². The van der Waals surface area contributed by atoms with Crippen molar-refractivity contribution in [3.8, 4) is 0 Å². The fraction of sp³-hybridized carbons (Fsp3) is 0.533. The highest BCUT2D eigenvalue weighted by molar-refractivity contribution is 5.90. The predicted molar refractivity (Wildman–Crippen MR) is 78.1 cm³/mol. The predicted octanol–water partition coefficient (Wildman–Crippen LogP) is 2.72. The summed E-state index contributed by atoms with van der Waals surface area (Å²) in [6.07, 6.45) is 2.18. The number of carbonyl (C=O) groups is 1. The number of hydrogen-bond donors (Lipinski definition) is 2. The fourth-order valence-corrected chi connectivity index (χ4v) is 2.50. The number of nitrogens with zero attached hydrogens (tertiary/aromatic N) is 1. The maximum absolute atomic E-state index is 12.2. The van der Waals surface area contributed by atoms with Crippen molar-refractivity contribution in [2.75, 3.05) is 18.4 Å². The van der Waals surface area contributed by atoms with Gasteiger partial charge in [0.05, 0.1) is 0 Å². The maximum atomic E-state index is 12.2. The van der Waals surface area contributed by atoms with Crippen LogP contribution in [0.5, 0.6) is 0 Å². The van der Waals surface area contributed by atoms with Crippen molar-refractivity contribution < 1.29 is 4.79 Å². The molecule has 0 radical (unpaired) electrons. The molecule has 1 aromatic carbocycles. The Morgan fingerprint density at radius 3 is 2.74 bits per heavy atom. The number of carbonyl (C=O) groups excluding carboxylic acids is 1. The van der Waals surface area contributed by atoms with Gasteiger partial charge in [-0.3, -0.25) is 0 Å². The van der Waals surface area contributed by atoms with Gasteiger partial charge in [-0.25, -0.2) is 4.79 Å². The summed E-state index contributed by atoms with van der Waals surface area (Å²) in [5.74, 6) is 0.725. The second-order valence-electron chi connectivity index (χ2n) is 5.40. The molecule has 2 rings (SSSR count). The van der Waals surface area contributed by atoms with Crippen molar-refractivity contribution in [3.63, 3.8) is 0 Å². The van der Waals surface area contributed by atoms with Crippen LogP contribution in [0.1, 0.15) is 30.9 Å². The Kier molecular flexibility index (Phi) is 4.43. The lowest BCUT2D eigenvalue weighted by Crippen LogP contribution is -2.40. The SMILES string of the molecule is Cc1cccc(NC(=O)N2CCC(C)CC2)c1CN. The summed E-state index contributed by atoms with van der Waals surface area (Å²) >= 11 is 0. The van der Waals surface area contributed by atoms with E-state index < -0.39 is 0 Å². The number of urea groups is 1. The van der Waals surface area contributed by atoms with Crippen LogP contribution in [0, 0.1) is 12.8 Å². The molecule has 4 heteroatoms. The smallest absolute Gasteiger partial charge is 0.321 e. The fourth-order valence-electron chi connectivity index (χ4n) is 2.50. The van der Waals surface area contributed by atoms with Crippen molar-refractivity contribution in [1.82, 2.24) is 4.90 Å². The van der Waals surface area contributed by atoms with Crippen LogP contribution >= 0.6 is 0 Å². The molecule has 1 aliphatic heterocycles. The number of rotatable bonds is 2. The quantitative estimate of drug-likeness (QED) is 0.860. The molecule has 1 fully saturated rings. The molecule has 0 bridgehead atoms. The summed E-state index contributed by atoms with van der Waals surface area (Å²) in [6.45, 7) is 6.38. The van der Waals surface area contributed by atoms with Crippen LogP contribution in [-0.4, -0.2) is 24.0 Å². The van der Waals surface area contributed by atoms with Gasteiger partial charge in [-0.15, -0.1) is 0 Å². The van der Waals surface area contributed by atoms with Crippen LogP contribution < -0.4 is 11.1 Å². The minimum Gasteiger partial charge on any atom is -0.326 e. The maximum Gasteiger partial charge on any atom is 0.321 e. The van der Waals surface area contributed by atoms with E-state index in [1.54, 1.807) is 0 Å². The van der Waals surface area contributed by atoms with Gasteiger partial charge in [0.2, 0.25) is 0 Å². The zero-order valence-corrected chi connectivity index (χ0v) is 11.8. The average molecular weight is 261 g/mol. The van der Waals surface area contributed by atoms with E-state index in [4.69, 9.17) is 5.73 Å². The highest BCUT2D eigenvalue weighted by Crippen LogP contribution is 2.21. The van der Waals surface area contributed by atoms with Gasteiger partial charge in [0.15, 0.2) is 0 Å². The molecule has 104 valence electrons. The molecule has 0 unspecified atom stereocenters. The van der Waals surface area contributed by atoms with E-state index in [9.17, 15) is 4.79 Å². The number of aryl methyl sites for hydroxylation is 1. The average Bonchev–Trinajstić information content (AvgIpc) is 2.39. The number of benzene rings is 1. The van der Waals surface area contributed by atoms with Gasteiger partial charge < -0.3 is 16.0 Å². The molecule has 4 nitrogen and oxygen atoms in total. The lowest BCUT2D eigenvalue weighted by Gasteiger charge is -2.30. The van der Waals surface area contributed by atoms with Gasteiger partial charge in [-0.05, 0) is 42.9 Å². The van der Waals surface area contributed by atoms with Gasteiger partial charge >= 0.3 is 6.03 Å². The third kappa shape index (κ3) is 3.26. The van der Waals surface area contributed by atoms with E-state index in [-0.39, 0.29) is 6.03 Å². The summed E-state index contributed by atoms with van der Waals surface area (Å²) in [6, 6.07) is 5.87. The van der Waals surface area contributed by atoms with Crippen LogP contribution in [-0.2, 0) is 6.54 Å². The van der Waals surface area contributed by atoms with Crippen molar-refractivity contribution in [2.45, 2.75) is 33.2 Å². The molecule has 0 aromatic heterocycles. The van der Waals surface area contributed by atoms with Crippen LogP contribution in [0.2, 0.25) is 0 Å². The first-order valence-corrected chi connectivity index (χ1v) is 6.96. The molecular formula is C15H23N3O. The monoisotopic (exact) mass is 261 g/mol.